The summed E-state index contributed by atoms with van der Waals surface area (Å²) < 4.78 is 6.38. The average molecular weight is 340 g/mol. The van der Waals surface area contributed by atoms with Crippen molar-refractivity contribution in [2.24, 2.45) is 0 Å². The number of hydrogen-bond acceptors (Lipinski definition) is 3. The fraction of sp³-hybridized carbons (Fsp3) is 0.333. The molecule has 4 heteroatoms. The predicted octanol–water partition coefficient (Wildman–Crippen LogP) is 4.33. The molecule has 0 bridgehead atoms. The lowest BCUT2D eigenvalue weighted by Gasteiger charge is -2.14. The maximum absolute atomic E-state index is 5.18. The molecule has 1 aromatic heterocycles. The summed E-state index contributed by atoms with van der Waals surface area (Å²) >= 11 is 5.42. The van der Waals surface area contributed by atoms with Gasteiger partial charge in [0.25, 0.3) is 0 Å². The van der Waals surface area contributed by atoms with E-state index in [0.29, 0.717) is 6.04 Å². The molecular formula is C15H18BrNOS. The third-order valence-electron chi connectivity index (χ3n) is 3.17. The largest absolute Gasteiger partial charge is 0.497 e. The first-order chi connectivity index (χ1) is 9.13. The first kappa shape index (κ1) is 14.6. The Hall–Kier alpha value is -0.840. The lowest BCUT2D eigenvalue weighted by atomic mass is 10.0. The lowest BCUT2D eigenvalue weighted by Crippen LogP contribution is -2.17. The third-order valence-corrected chi connectivity index (χ3v) is 5.42. The quantitative estimate of drug-likeness (QED) is 0.875. The molecule has 1 N–H and O–H groups in total. The van der Waals surface area contributed by atoms with Gasteiger partial charge in [0.15, 0.2) is 0 Å². The SMILES string of the molecule is CNC(Cc1ccc(OC)cc1)c1cc(Br)c(C)s1. The third kappa shape index (κ3) is 3.59. The van der Waals surface area contributed by atoms with Gasteiger partial charge >= 0.3 is 0 Å². The van der Waals surface area contributed by atoms with Gasteiger partial charge in [-0.25, -0.2) is 0 Å². The summed E-state index contributed by atoms with van der Waals surface area (Å²) in [4.78, 5) is 2.69. The van der Waals surface area contributed by atoms with Crippen molar-refractivity contribution in [2.75, 3.05) is 14.2 Å². The molecule has 0 fully saturated rings. The molecule has 102 valence electrons. The number of likely N-dealkylation sites (N-methyl/N-ethyl adjacent to an activating group) is 1. The molecule has 0 saturated carbocycles. The molecule has 0 saturated heterocycles. The minimum Gasteiger partial charge on any atom is -0.497 e. The fourth-order valence-corrected chi connectivity index (χ4v) is 3.67. The monoisotopic (exact) mass is 339 g/mol. The summed E-state index contributed by atoms with van der Waals surface area (Å²) in [6.45, 7) is 2.14. The molecule has 0 aliphatic heterocycles. The van der Waals surface area contributed by atoms with Crippen LogP contribution in [0.15, 0.2) is 34.8 Å². The highest BCUT2D eigenvalue weighted by atomic mass is 79.9. The number of benzene rings is 1. The molecule has 1 heterocycles. The Morgan fingerprint density at radius 1 is 1.32 bits per heavy atom. The van der Waals surface area contributed by atoms with Crippen molar-refractivity contribution in [1.82, 2.24) is 5.32 Å². The Balaban J connectivity index is 2.13. The van der Waals surface area contributed by atoms with Crippen LogP contribution in [0.3, 0.4) is 0 Å². The standard InChI is InChI=1S/C15H18BrNOS/c1-10-13(16)9-15(19-10)14(17-2)8-11-4-6-12(18-3)7-5-11/h4-7,9,14,17H,8H2,1-3H3. The van der Waals surface area contributed by atoms with Crippen molar-refractivity contribution >= 4 is 27.3 Å². The highest BCUT2D eigenvalue weighted by Gasteiger charge is 2.14. The second-order valence-electron chi connectivity index (χ2n) is 4.45. The van der Waals surface area contributed by atoms with Crippen LogP contribution in [0, 0.1) is 6.92 Å². The van der Waals surface area contributed by atoms with Crippen molar-refractivity contribution < 1.29 is 4.74 Å². The van der Waals surface area contributed by atoms with Gasteiger partial charge in [0, 0.05) is 20.3 Å². The Labute approximate surface area is 126 Å². The van der Waals surface area contributed by atoms with Gasteiger partial charge in [-0.15, -0.1) is 11.3 Å². The van der Waals surface area contributed by atoms with Crippen molar-refractivity contribution in [1.29, 1.82) is 0 Å². The molecule has 1 atom stereocenters. The summed E-state index contributed by atoms with van der Waals surface area (Å²) in [7, 11) is 3.70. The first-order valence-corrected chi connectivity index (χ1v) is 7.81. The molecule has 19 heavy (non-hydrogen) atoms. The van der Waals surface area contributed by atoms with E-state index in [2.05, 4.69) is 46.4 Å². The van der Waals surface area contributed by atoms with Crippen LogP contribution >= 0.6 is 27.3 Å². The predicted molar refractivity (Wildman–Crippen MR) is 85.3 cm³/mol. The highest BCUT2D eigenvalue weighted by molar-refractivity contribution is 9.10. The van der Waals surface area contributed by atoms with Crippen molar-refractivity contribution in [2.45, 2.75) is 19.4 Å². The number of halogens is 1. The van der Waals surface area contributed by atoms with Gasteiger partial charge in [-0.1, -0.05) is 12.1 Å². The smallest absolute Gasteiger partial charge is 0.118 e. The Bertz CT molecular complexity index is 516. The van der Waals surface area contributed by atoms with Crippen LogP contribution in [0.2, 0.25) is 0 Å². The Kier molecular flexibility index (Phi) is 5.02. The minimum absolute atomic E-state index is 0.350. The van der Waals surface area contributed by atoms with E-state index in [1.54, 1.807) is 7.11 Å². The number of nitrogens with one attached hydrogen (secondary N) is 1. The number of methoxy groups -OCH3 is 1. The number of rotatable bonds is 5. The Morgan fingerprint density at radius 3 is 2.47 bits per heavy atom. The van der Waals surface area contributed by atoms with Crippen LogP contribution < -0.4 is 10.1 Å². The van der Waals surface area contributed by atoms with E-state index in [0.717, 1.165) is 12.2 Å². The van der Waals surface area contributed by atoms with E-state index < -0.39 is 0 Å². The zero-order chi connectivity index (χ0) is 13.8. The van der Waals surface area contributed by atoms with Crippen molar-refractivity contribution in [3.63, 3.8) is 0 Å². The molecule has 2 nitrogen and oxygen atoms in total. The topological polar surface area (TPSA) is 21.3 Å². The van der Waals surface area contributed by atoms with Gasteiger partial charge in [0.2, 0.25) is 0 Å². The van der Waals surface area contributed by atoms with Crippen LogP contribution in [-0.2, 0) is 6.42 Å². The average Bonchev–Trinajstić information content (AvgIpc) is 2.76. The normalized spacial score (nSPS) is 12.4. The van der Waals surface area contributed by atoms with Crippen LogP contribution in [0.25, 0.3) is 0 Å². The van der Waals surface area contributed by atoms with Gasteiger partial charge in [0.1, 0.15) is 5.75 Å². The second-order valence-corrected chi connectivity index (χ2v) is 6.59. The van der Waals surface area contributed by atoms with Gasteiger partial charge in [0.05, 0.1) is 7.11 Å². The van der Waals surface area contributed by atoms with Crippen LogP contribution in [0.1, 0.15) is 21.4 Å². The maximum Gasteiger partial charge on any atom is 0.118 e. The number of hydrogen-bond donors (Lipinski definition) is 1. The minimum atomic E-state index is 0.350. The first-order valence-electron chi connectivity index (χ1n) is 6.20. The summed E-state index contributed by atoms with van der Waals surface area (Å²) in [5.74, 6) is 0.902. The van der Waals surface area contributed by atoms with Crippen LogP contribution in [0.5, 0.6) is 5.75 Å². The zero-order valence-corrected chi connectivity index (χ0v) is 13.8. The molecule has 2 rings (SSSR count). The highest BCUT2D eigenvalue weighted by Crippen LogP contribution is 2.32. The Morgan fingerprint density at radius 2 is 2.00 bits per heavy atom. The summed E-state index contributed by atoms with van der Waals surface area (Å²) in [5.41, 5.74) is 1.31. The zero-order valence-electron chi connectivity index (χ0n) is 11.4. The van der Waals surface area contributed by atoms with Crippen LogP contribution in [-0.4, -0.2) is 14.2 Å². The maximum atomic E-state index is 5.18. The molecule has 1 unspecified atom stereocenters. The fourth-order valence-electron chi connectivity index (χ4n) is 2.00. The molecule has 0 aliphatic rings. The van der Waals surface area contributed by atoms with Gasteiger partial charge in [-0.2, -0.15) is 0 Å². The number of thiophene rings is 1. The molecule has 1 aromatic carbocycles. The molecule has 0 spiro atoms. The van der Waals surface area contributed by atoms with Crippen molar-refractivity contribution in [3.8, 4) is 5.75 Å². The summed E-state index contributed by atoms with van der Waals surface area (Å²) in [6.07, 6.45) is 0.979. The van der Waals surface area contributed by atoms with Crippen LogP contribution in [0.4, 0.5) is 0 Å². The molecule has 0 radical (unpaired) electrons. The number of ether oxygens (including phenoxy) is 1. The van der Waals surface area contributed by atoms with E-state index in [-0.39, 0.29) is 0 Å². The van der Waals surface area contributed by atoms with Gasteiger partial charge in [-0.05, 0) is 60.1 Å². The van der Waals surface area contributed by atoms with E-state index in [4.69, 9.17) is 4.74 Å². The summed E-state index contributed by atoms with van der Waals surface area (Å²) in [5, 5.41) is 3.39. The van der Waals surface area contributed by atoms with E-state index in [1.165, 1.54) is 19.8 Å². The van der Waals surface area contributed by atoms with Crippen molar-refractivity contribution in [3.05, 3.63) is 50.1 Å². The van der Waals surface area contributed by atoms with Gasteiger partial charge < -0.3 is 10.1 Å². The summed E-state index contributed by atoms with van der Waals surface area (Å²) in [6, 6.07) is 10.8. The molecule has 2 aromatic rings. The molecular weight excluding hydrogens is 322 g/mol. The van der Waals surface area contributed by atoms with E-state index >= 15 is 0 Å². The number of aryl methyl sites for hydroxylation is 1. The lowest BCUT2D eigenvalue weighted by molar-refractivity contribution is 0.414. The van der Waals surface area contributed by atoms with E-state index in [1.807, 2.05) is 30.5 Å². The van der Waals surface area contributed by atoms with Gasteiger partial charge in [-0.3, -0.25) is 0 Å². The van der Waals surface area contributed by atoms with E-state index in [9.17, 15) is 0 Å². The second kappa shape index (κ2) is 6.55. The molecule has 0 aliphatic carbocycles. The molecule has 0 amide bonds.